The molecule has 4 nitrogen and oxygen atoms in total. The third kappa shape index (κ3) is 33.4. The average molecular weight is 555 g/mol. The van der Waals surface area contributed by atoms with E-state index in [1.807, 2.05) is 6.08 Å². The van der Waals surface area contributed by atoms with Gasteiger partial charge < -0.3 is 20.1 Å². The number of allylic oxidation sites excluding steroid dienone is 3. The maximum atomic E-state index is 9.91. The van der Waals surface area contributed by atoms with Crippen LogP contribution in [0.25, 0.3) is 0 Å². The van der Waals surface area contributed by atoms with E-state index < -0.39 is 6.10 Å². The molecule has 0 amide bonds. The molecular weight excluding hydrogens is 484 g/mol. The molecule has 0 spiro atoms. The highest BCUT2D eigenvalue weighted by molar-refractivity contribution is 5.01. The molecule has 0 fully saturated rings. The fourth-order valence-electron chi connectivity index (χ4n) is 4.65. The summed E-state index contributed by atoms with van der Waals surface area (Å²) in [6.45, 7) is 11.4. The number of unbranched alkanes of at least 4 members (excludes halogenated alkanes) is 16. The number of hydrogen-bond donors (Lipinski definition) is 3. The Morgan fingerprint density at radius 2 is 1.10 bits per heavy atom. The lowest BCUT2D eigenvalue weighted by Gasteiger charge is -2.22. The Kier molecular flexibility index (Phi) is 34.8. The van der Waals surface area contributed by atoms with Crippen LogP contribution in [0.15, 0.2) is 23.3 Å². The quantitative estimate of drug-likeness (QED) is 0.0698. The summed E-state index contributed by atoms with van der Waals surface area (Å²) in [7, 11) is 0. The van der Waals surface area contributed by atoms with E-state index in [2.05, 4.69) is 40.7 Å². The minimum Gasteiger partial charge on any atom is -0.394 e. The van der Waals surface area contributed by atoms with Gasteiger partial charge in [0.1, 0.15) is 6.10 Å². The van der Waals surface area contributed by atoms with Crippen LogP contribution in [0.1, 0.15) is 169 Å². The fourth-order valence-corrected chi connectivity index (χ4v) is 4.65. The van der Waals surface area contributed by atoms with Crippen molar-refractivity contribution in [2.75, 3.05) is 19.8 Å². The number of aliphatic hydroxyl groups excluding tert-OH is 3. The SMILES string of the molecule is CC(C)=CCC/C(C)=C/CO.CCCCCCCCCCCCCCCCOC(CCCCCC)C(O)CO. The number of aliphatic hydroxyl groups is 3. The second-order valence-electron chi connectivity index (χ2n) is 11.7. The van der Waals surface area contributed by atoms with E-state index in [1.165, 1.54) is 114 Å². The molecule has 0 bridgehead atoms. The Labute approximate surface area is 244 Å². The van der Waals surface area contributed by atoms with Crippen molar-refractivity contribution in [3.63, 3.8) is 0 Å². The molecule has 0 aromatic heterocycles. The minimum absolute atomic E-state index is 0.167. The Hall–Kier alpha value is -0.680. The maximum Gasteiger partial charge on any atom is 0.103 e. The predicted molar refractivity (Wildman–Crippen MR) is 171 cm³/mol. The maximum absolute atomic E-state index is 9.91. The van der Waals surface area contributed by atoms with Gasteiger partial charge >= 0.3 is 0 Å². The number of hydrogen-bond acceptors (Lipinski definition) is 4. The highest BCUT2D eigenvalue weighted by atomic mass is 16.5. The standard InChI is InChI=1S/C25H52O3.C10H18O/c1-3-5-7-9-10-11-12-13-14-15-16-17-18-20-22-28-25(24(27)23-26)21-19-8-6-4-2;1-9(2)5-4-6-10(3)7-8-11/h24-27H,3-23H2,1-2H3;5,7,11H,4,6,8H2,1-3H3/b;10-7+. The molecule has 234 valence electrons. The van der Waals surface area contributed by atoms with Crippen molar-refractivity contribution in [3.05, 3.63) is 23.3 Å². The second-order valence-corrected chi connectivity index (χ2v) is 11.7. The van der Waals surface area contributed by atoms with Gasteiger partial charge in [0.2, 0.25) is 0 Å². The van der Waals surface area contributed by atoms with Crippen LogP contribution in [0.4, 0.5) is 0 Å². The molecule has 0 saturated carbocycles. The summed E-state index contributed by atoms with van der Waals surface area (Å²) < 4.78 is 5.87. The first kappa shape index (κ1) is 40.5. The topological polar surface area (TPSA) is 69.9 Å². The average Bonchev–Trinajstić information content (AvgIpc) is 2.92. The zero-order valence-corrected chi connectivity index (χ0v) is 27.0. The molecule has 2 atom stereocenters. The van der Waals surface area contributed by atoms with Crippen LogP contribution in [0, 0.1) is 0 Å². The van der Waals surface area contributed by atoms with E-state index in [-0.39, 0.29) is 19.3 Å². The Bertz CT molecular complexity index is 525. The zero-order chi connectivity index (χ0) is 29.4. The first-order chi connectivity index (χ1) is 18.9. The number of ether oxygens (including phenoxy) is 1. The predicted octanol–water partition coefficient (Wildman–Crippen LogP) is 9.85. The Morgan fingerprint density at radius 1 is 0.641 bits per heavy atom. The summed E-state index contributed by atoms with van der Waals surface area (Å²) in [4.78, 5) is 0. The summed E-state index contributed by atoms with van der Waals surface area (Å²) in [5.41, 5.74) is 2.63. The van der Waals surface area contributed by atoms with Crippen molar-refractivity contribution in [1.29, 1.82) is 0 Å². The lowest BCUT2D eigenvalue weighted by atomic mass is 10.0. The summed E-state index contributed by atoms with van der Waals surface area (Å²) in [6.07, 6.45) is 29.9. The highest BCUT2D eigenvalue weighted by Crippen LogP contribution is 2.15. The van der Waals surface area contributed by atoms with Gasteiger partial charge in [-0.1, -0.05) is 146 Å². The van der Waals surface area contributed by atoms with E-state index in [9.17, 15) is 10.2 Å². The molecule has 4 heteroatoms. The summed E-state index contributed by atoms with van der Waals surface area (Å²) in [5.74, 6) is 0. The van der Waals surface area contributed by atoms with E-state index in [1.54, 1.807) is 0 Å². The van der Waals surface area contributed by atoms with Crippen molar-refractivity contribution in [1.82, 2.24) is 0 Å². The zero-order valence-electron chi connectivity index (χ0n) is 27.0. The van der Waals surface area contributed by atoms with E-state index in [0.717, 1.165) is 32.1 Å². The fraction of sp³-hybridized carbons (Fsp3) is 0.886. The molecule has 2 unspecified atom stereocenters. The van der Waals surface area contributed by atoms with Crippen molar-refractivity contribution >= 4 is 0 Å². The molecule has 3 N–H and O–H groups in total. The molecular formula is C35H70O4. The molecule has 0 saturated heterocycles. The van der Waals surface area contributed by atoms with Gasteiger partial charge in [0.25, 0.3) is 0 Å². The summed E-state index contributed by atoms with van der Waals surface area (Å²) >= 11 is 0. The first-order valence-corrected chi connectivity index (χ1v) is 16.7. The van der Waals surface area contributed by atoms with Crippen molar-refractivity contribution in [2.45, 2.75) is 182 Å². The normalized spacial score (nSPS) is 13.1. The van der Waals surface area contributed by atoms with Crippen LogP contribution in [-0.4, -0.2) is 47.3 Å². The molecule has 0 aliphatic rings. The van der Waals surface area contributed by atoms with Gasteiger partial charge in [-0.15, -0.1) is 0 Å². The summed E-state index contributed by atoms with van der Waals surface area (Å²) in [6, 6.07) is 0. The van der Waals surface area contributed by atoms with Crippen molar-refractivity contribution in [3.8, 4) is 0 Å². The molecule has 0 radical (unpaired) electrons. The van der Waals surface area contributed by atoms with Gasteiger partial charge in [-0.3, -0.25) is 0 Å². The Balaban J connectivity index is 0. The molecule has 0 aromatic rings. The van der Waals surface area contributed by atoms with Gasteiger partial charge in [-0.05, 0) is 46.5 Å². The molecule has 39 heavy (non-hydrogen) atoms. The monoisotopic (exact) mass is 555 g/mol. The minimum atomic E-state index is -0.728. The van der Waals surface area contributed by atoms with Crippen LogP contribution in [-0.2, 0) is 4.74 Å². The molecule has 0 aliphatic heterocycles. The molecule has 0 heterocycles. The van der Waals surface area contributed by atoms with Gasteiger partial charge in [0, 0.05) is 6.61 Å². The van der Waals surface area contributed by atoms with Gasteiger partial charge in [-0.25, -0.2) is 0 Å². The van der Waals surface area contributed by atoms with E-state index >= 15 is 0 Å². The van der Waals surface area contributed by atoms with Crippen LogP contribution in [0.2, 0.25) is 0 Å². The van der Waals surface area contributed by atoms with Gasteiger partial charge in [0.15, 0.2) is 0 Å². The van der Waals surface area contributed by atoms with E-state index in [4.69, 9.17) is 9.84 Å². The van der Waals surface area contributed by atoms with Crippen molar-refractivity contribution in [2.24, 2.45) is 0 Å². The largest absolute Gasteiger partial charge is 0.394 e. The Morgan fingerprint density at radius 3 is 1.54 bits per heavy atom. The first-order valence-electron chi connectivity index (χ1n) is 16.7. The van der Waals surface area contributed by atoms with Crippen LogP contribution in [0.3, 0.4) is 0 Å². The summed E-state index contributed by atoms with van der Waals surface area (Å²) in [5, 5.41) is 27.7. The van der Waals surface area contributed by atoms with E-state index in [0.29, 0.717) is 6.61 Å². The second kappa shape index (κ2) is 33.5. The lowest BCUT2D eigenvalue weighted by molar-refractivity contribution is -0.0629. The smallest absolute Gasteiger partial charge is 0.103 e. The third-order valence-corrected chi connectivity index (χ3v) is 7.32. The molecule has 0 rings (SSSR count). The number of rotatable bonds is 27. The highest BCUT2D eigenvalue weighted by Gasteiger charge is 2.18. The third-order valence-electron chi connectivity index (χ3n) is 7.32. The van der Waals surface area contributed by atoms with Crippen molar-refractivity contribution < 1.29 is 20.1 Å². The van der Waals surface area contributed by atoms with Gasteiger partial charge in [0.05, 0.1) is 19.3 Å². The van der Waals surface area contributed by atoms with Gasteiger partial charge in [-0.2, -0.15) is 0 Å². The lowest BCUT2D eigenvalue weighted by Crippen LogP contribution is -2.32. The van der Waals surface area contributed by atoms with Crippen LogP contribution in [0.5, 0.6) is 0 Å². The molecule has 0 aliphatic carbocycles. The molecule has 0 aromatic carbocycles. The van der Waals surface area contributed by atoms with Crippen LogP contribution < -0.4 is 0 Å². The van der Waals surface area contributed by atoms with Crippen LogP contribution >= 0.6 is 0 Å².